The average Bonchev–Trinajstić information content (AvgIpc) is 2.77. The lowest BCUT2D eigenvalue weighted by atomic mass is 9.54. The number of amides is 1. The number of nitrogens with two attached hydrogens (primary N) is 1. The number of likely N-dealkylation sites (N-methyl/N-ethyl adjacent to an activating group) is 1. The maximum atomic E-state index is 13.3. The van der Waals surface area contributed by atoms with Crippen LogP contribution in [0.25, 0.3) is 0 Å². The second-order valence-corrected chi connectivity index (χ2v) is 9.06. The molecule has 0 unspecified atom stereocenters. The van der Waals surface area contributed by atoms with E-state index >= 15 is 0 Å². The van der Waals surface area contributed by atoms with Crippen LogP contribution in [-0.2, 0) is 15.2 Å². The second kappa shape index (κ2) is 8.14. The highest BCUT2D eigenvalue weighted by Gasteiger charge is 2.69. The quantitative estimate of drug-likeness (QED) is 0.191. The van der Waals surface area contributed by atoms with Gasteiger partial charge in [0.1, 0.15) is 22.8 Å². The van der Waals surface area contributed by atoms with E-state index in [0.29, 0.717) is 0 Å². The first-order valence-corrected chi connectivity index (χ1v) is 10.3. The van der Waals surface area contributed by atoms with Crippen molar-refractivity contribution >= 4 is 17.5 Å². The van der Waals surface area contributed by atoms with Gasteiger partial charge in [-0.2, -0.15) is 0 Å². The zero-order valence-electron chi connectivity index (χ0n) is 18.9. The molecule has 0 fully saturated rings. The maximum absolute atomic E-state index is 13.3. The molecule has 13 heteroatoms. The summed E-state index contributed by atoms with van der Waals surface area (Å²) in [5.41, 5.74) is -1.88. The van der Waals surface area contributed by atoms with Gasteiger partial charge in [-0.15, -0.1) is 0 Å². The number of carbonyl (C=O) groups is 3. The number of fused-ring (bicyclic) bond motifs is 3. The van der Waals surface area contributed by atoms with E-state index in [0.717, 1.165) is 0 Å². The maximum Gasteiger partial charge on any atom is 0.255 e. The first-order chi connectivity index (χ1) is 16.2. The molecule has 6 atom stereocenters. The molecular weight excluding hydrogens is 464 g/mol. The zero-order valence-corrected chi connectivity index (χ0v) is 18.9. The molecular formula is C22H24N4O9. The number of ketones is 2. The Morgan fingerprint density at radius 2 is 1.69 bits per heavy atom. The van der Waals surface area contributed by atoms with Gasteiger partial charge >= 0.3 is 0 Å². The van der Waals surface area contributed by atoms with Crippen molar-refractivity contribution in [1.82, 2.24) is 4.90 Å². The lowest BCUT2D eigenvalue weighted by molar-refractivity contribution is -0.173. The summed E-state index contributed by atoms with van der Waals surface area (Å²) in [6.07, 6.45) is -1.87. The Balaban J connectivity index is 0.00000167. The standard InChI is InChI=1S/C22H24N2O9.N2/c1-21(32)7-5-4-6-8(25)9(7)15(26)10-12(21)17(28)13-14(24(2)3)16(27)11(20(23)31)19(30)22(13,33)18(10)29;1-2/h4-6,12-14,17,25,27-29,32-33H,1-3H3,(H2,23,31);/t12-,13-,14+,17+,21-,22+;/m1./s1. The van der Waals surface area contributed by atoms with Crippen molar-refractivity contribution in [2.45, 2.75) is 30.3 Å². The van der Waals surface area contributed by atoms with Gasteiger partial charge in [-0.1, -0.05) is 12.1 Å². The van der Waals surface area contributed by atoms with Gasteiger partial charge in [0.05, 0.1) is 40.7 Å². The van der Waals surface area contributed by atoms with Crippen LogP contribution >= 0.6 is 0 Å². The number of hydrogen-bond acceptors (Lipinski definition) is 12. The number of aliphatic hydroxyl groups is 5. The largest absolute Gasteiger partial charge is 0.510 e. The first-order valence-electron chi connectivity index (χ1n) is 10.3. The van der Waals surface area contributed by atoms with Crippen molar-refractivity contribution < 1.29 is 45.0 Å². The highest BCUT2D eigenvalue weighted by Crippen LogP contribution is 2.56. The Labute approximate surface area is 198 Å². The average molecular weight is 488 g/mol. The van der Waals surface area contributed by atoms with E-state index in [2.05, 4.69) is 0 Å². The topological polar surface area (TPSA) is 249 Å². The summed E-state index contributed by atoms with van der Waals surface area (Å²) < 4.78 is 0. The lowest BCUT2D eigenvalue weighted by Gasteiger charge is -2.55. The summed E-state index contributed by atoms with van der Waals surface area (Å²) in [4.78, 5) is 39.8. The van der Waals surface area contributed by atoms with E-state index in [1.807, 2.05) is 0 Å². The summed E-state index contributed by atoms with van der Waals surface area (Å²) in [5, 5.41) is 78.5. The van der Waals surface area contributed by atoms with Gasteiger partial charge in [0.2, 0.25) is 5.78 Å². The van der Waals surface area contributed by atoms with Crippen LogP contribution in [0.1, 0.15) is 22.8 Å². The molecule has 0 aliphatic heterocycles. The van der Waals surface area contributed by atoms with Gasteiger partial charge in [-0.3, -0.25) is 19.3 Å². The number of aliphatic hydroxyl groups excluding tert-OH is 3. The van der Waals surface area contributed by atoms with E-state index in [4.69, 9.17) is 16.5 Å². The van der Waals surface area contributed by atoms with Crippen LogP contribution in [0.15, 0.2) is 40.9 Å². The number of carbonyl (C=O) groups excluding carboxylic acids is 3. The molecule has 3 aliphatic carbocycles. The van der Waals surface area contributed by atoms with Gasteiger partial charge in [0.15, 0.2) is 11.4 Å². The predicted molar refractivity (Wildman–Crippen MR) is 114 cm³/mol. The number of hydrogen-bond donors (Lipinski definition) is 7. The Morgan fingerprint density at radius 1 is 1.11 bits per heavy atom. The molecule has 35 heavy (non-hydrogen) atoms. The number of rotatable bonds is 2. The van der Waals surface area contributed by atoms with Crippen LogP contribution in [0.3, 0.4) is 0 Å². The van der Waals surface area contributed by atoms with E-state index in [1.54, 1.807) is 0 Å². The smallest absolute Gasteiger partial charge is 0.255 e. The highest BCUT2D eigenvalue weighted by molar-refractivity contribution is 6.25. The molecule has 4 rings (SSSR count). The molecule has 1 amide bonds. The summed E-state index contributed by atoms with van der Waals surface area (Å²) in [5.74, 6) is -9.66. The van der Waals surface area contributed by atoms with Gasteiger partial charge in [0.25, 0.3) is 5.91 Å². The zero-order chi connectivity index (χ0) is 26.8. The van der Waals surface area contributed by atoms with Gasteiger partial charge in [0, 0.05) is 10.8 Å². The predicted octanol–water partition coefficient (Wildman–Crippen LogP) is -1.21. The molecule has 1 aromatic rings. The number of phenolic OH excluding ortho intramolecular Hbond substituents is 1. The van der Waals surface area contributed by atoms with Crippen molar-refractivity contribution in [3.8, 4) is 5.75 Å². The van der Waals surface area contributed by atoms with Crippen molar-refractivity contribution in [3.05, 3.63) is 52.0 Å². The Kier molecular flexibility index (Phi) is 5.99. The van der Waals surface area contributed by atoms with Crippen LogP contribution in [-0.4, -0.2) is 84.9 Å². The molecule has 3 aliphatic rings. The van der Waals surface area contributed by atoms with Gasteiger partial charge in [-0.25, -0.2) is 0 Å². The number of phenols is 1. The highest BCUT2D eigenvalue weighted by atomic mass is 16.4. The summed E-state index contributed by atoms with van der Waals surface area (Å²) in [6.45, 7) is 1.25. The fourth-order valence-corrected chi connectivity index (χ4v) is 5.60. The summed E-state index contributed by atoms with van der Waals surface area (Å²) in [6, 6.07) is 2.54. The normalized spacial score (nSPS) is 34.0. The third kappa shape index (κ3) is 3.08. The minimum atomic E-state index is -3.02. The summed E-state index contributed by atoms with van der Waals surface area (Å²) in [7, 11) is 2.85. The number of nitrogens with zero attached hydrogens (tertiary/aromatic N) is 3. The van der Waals surface area contributed by atoms with Crippen molar-refractivity contribution in [3.63, 3.8) is 0 Å². The minimum Gasteiger partial charge on any atom is -0.510 e. The van der Waals surface area contributed by atoms with E-state index in [1.165, 1.54) is 44.1 Å². The fourth-order valence-electron chi connectivity index (χ4n) is 5.60. The Morgan fingerprint density at radius 3 is 2.20 bits per heavy atom. The van der Waals surface area contributed by atoms with Crippen molar-refractivity contribution in [1.29, 1.82) is 10.8 Å². The summed E-state index contributed by atoms with van der Waals surface area (Å²) >= 11 is 0. The molecule has 13 nitrogen and oxygen atoms in total. The molecule has 0 aromatic heterocycles. The number of primary amides is 1. The Bertz CT molecular complexity index is 1230. The minimum absolute atomic E-state index is 0.0281. The van der Waals surface area contributed by atoms with Gasteiger partial charge < -0.3 is 36.4 Å². The van der Waals surface area contributed by atoms with E-state index < -0.39 is 81.1 Å². The molecule has 1 aromatic carbocycles. The van der Waals surface area contributed by atoms with Crippen LogP contribution in [0.4, 0.5) is 0 Å². The molecule has 186 valence electrons. The van der Waals surface area contributed by atoms with Crippen LogP contribution in [0.2, 0.25) is 0 Å². The molecule has 0 saturated heterocycles. The number of aromatic hydroxyl groups is 1. The van der Waals surface area contributed by atoms with Crippen LogP contribution in [0.5, 0.6) is 5.75 Å². The molecule has 0 heterocycles. The van der Waals surface area contributed by atoms with Crippen LogP contribution in [0, 0.1) is 22.6 Å². The second-order valence-electron chi connectivity index (χ2n) is 9.06. The molecule has 0 radical (unpaired) electrons. The van der Waals surface area contributed by atoms with E-state index in [9.17, 15) is 45.0 Å². The first kappa shape index (κ1) is 25.8. The molecule has 0 saturated carbocycles. The SMILES string of the molecule is CN(C)[C@@H]1C(O)=C(C(N)=O)C(=O)[C@@]2(O)C(O)=C3C(=O)c4c(O)cccc4[C@@](C)(O)[C@H]3[C@H](O)[C@@H]12.N#N. The van der Waals surface area contributed by atoms with Crippen LogP contribution < -0.4 is 5.73 Å². The third-order valence-electron chi connectivity index (χ3n) is 7.04. The van der Waals surface area contributed by atoms with Crippen molar-refractivity contribution in [2.24, 2.45) is 17.6 Å². The lowest BCUT2D eigenvalue weighted by Crippen LogP contribution is -2.70. The monoisotopic (exact) mass is 488 g/mol. The number of benzene rings is 1. The third-order valence-corrected chi connectivity index (χ3v) is 7.04. The fraction of sp³-hybridized carbons (Fsp3) is 0.409. The van der Waals surface area contributed by atoms with E-state index in [-0.39, 0.29) is 11.1 Å². The Hall–Kier alpha value is -3.83. The number of Topliss-reactive ketones (excluding diaryl/α,β-unsaturated/α-hetero) is 2. The molecule has 8 N–H and O–H groups in total. The van der Waals surface area contributed by atoms with Crippen molar-refractivity contribution in [2.75, 3.05) is 14.1 Å². The van der Waals surface area contributed by atoms with Gasteiger partial charge in [-0.05, 0) is 32.6 Å². The molecule has 0 spiro atoms. The molecule has 0 bridgehead atoms.